The molecule has 0 aliphatic heterocycles. The van der Waals surface area contributed by atoms with Crippen LogP contribution in [0.4, 0.5) is 5.13 Å². The van der Waals surface area contributed by atoms with Crippen molar-refractivity contribution in [3.63, 3.8) is 0 Å². The zero-order valence-corrected chi connectivity index (χ0v) is 11.9. The van der Waals surface area contributed by atoms with E-state index in [1.54, 1.807) is 11.8 Å². The number of aliphatic carboxylic acids is 1. The number of aromatic nitrogens is 2. The highest BCUT2D eigenvalue weighted by Crippen LogP contribution is 2.40. The van der Waals surface area contributed by atoms with Gasteiger partial charge in [-0.25, -0.2) is 0 Å². The molecule has 18 heavy (non-hydrogen) atoms. The van der Waals surface area contributed by atoms with Gasteiger partial charge in [0.1, 0.15) is 5.54 Å². The molecule has 2 unspecified atom stereocenters. The third-order valence-electron chi connectivity index (χ3n) is 2.98. The molecule has 1 heterocycles. The molecule has 0 amide bonds. The van der Waals surface area contributed by atoms with E-state index in [0.29, 0.717) is 12.8 Å². The Morgan fingerprint density at radius 1 is 1.61 bits per heavy atom. The average molecular weight is 288 g/mol. The lowest BCUT2D eigenvalue weighted by Gasteiger charge is -2.17. The van der Waals surface area contributed by atoms with Crippen LogP contribution in [0.2, 0.25) is 0 Å². The van der Waals surface area contributed by atoms with Crippen LogP contribution >= 0.6 is 23.1 Å². The Balaban J connectivity index is 1.97. The lowest BCUT2D eigenvalue weighted by atomic mass is 10.0. The molecule has 0 radical (unpaired) electrons. The van der Waals surface area contributed by atoms with Gasteiger partial charge in [-0.15, -0.1) is 10.2 Å². The van der Waals surface area contributed by atoms with E-state index in [0.717, 1.165) is 15.9 Å². The predicted molar refractivity (Wildman–Crippen MR) is 72.3 cm³/mol. The zero-order valence-electron chi connectivity index (χ0n) is 10.3. The number of hydrogen-bond donors (Lipinski definition) is 2. The normalized spacial score (nSPS) is 27.4. The van der Waals surface area contributed by atoms with Gasteiger partial charge in [-0.2, -0.15) is 0 Å². The van der Waals surface area contributed by atoms with Gasteiger partial charge in [0.25, 0.3) is 0 Å². The highest BCUT2D eigenvalue weighted by molar-refractivity contribution is 8.01. The number of carboxylic acids is 1. The van der Waals surface area contributed by atoms with Crippen LogP contribution in [0.15, 0.2) is 4.34 Å². The molecule has 0 bridgehead atoms. The minimum absolute atomic E-state index is 0.217. The van der Waals surface area contributed by atoms with Crippen molar-refractivity contribution >= 4 is 34.2 Å². The predicted octanol–water partition coefficient (Wildman–Crippen LogP) is 1.03. The highest BCUT2D eigenvalue weighted by Gasteiger charge is 2.42. The summed E-state index contributed by atoms with van der Waals surface area (Å²) in [5.74, 6) is -0.906. The van der Waals surface area contributed by atoms with E-state index in [9.17, 15) is 4.79 Å². The van der Waals surface area contributed by atoms with Gasteiger partial charge in [0.2, 0.25) is 5.13 Å². The maximum atomic E-state index is 11.0. The Bertz CT molecular complexity index is 451. The molecule has 2 rings (SSSR count). The van der Waals surface area contributed by atoms with Gasteiger partial charge < -0.3 is 15.7 Å². The first-order chi connectivity index (χ1) is 8.40. The van der Waals surface area contributed by atoms with Gasteiger partial charge in [0.05, 0.1) is 0 Å². The van der Waals surface area contributed by atoms with Crippen LogP contribution in [-0.2, 0) is 4.79 Å². The number of nitrogens with two attached hydrogens (primary N) is 1. The number of thioether (sulfide) groups is 1. The van der Waals surface area contributed by atoms with Crippen molar-refractivity contribution in [3.8, 4) is 0 Å². The molecule has 0 aromatic carbocycles. The summed E-state index contributed by atoms with van der Waals surface area (Å²) in [4.78, 5) is 13.0. The first kappa shape index (κ1) is 13.6. The zero-order chi connectivity index (χ0) is 13.3. The van der Waals surface area contributed by atoms with Crippen molar-refractivity contribution in [1.82, 2.24) is 10.2 Å². The third kappa shape index (κ3) is 2.76. The van der Waals surface area contributed by atoms with Gasteiger partial charge >= 0.3 is 5.97 Å². The van der Waals surface area contributed by atoms with Crippen LogP contribution in [0.25, 0.3) is 0 Å². The van der Waals surface area contributed by atoms with Gasteiger partial charge in [-0.05, 0) is 19.3 Å². The van der Waals surface area contributed by atoms with Gasteiger partial charge in [0.15, 0.2) is 4.34 Å². The Morgan fingerprint density at radius 2 is 2.33 bits per heavy atom. The summed E-state index contributed by atoms with van der Waals surface area (Å²) in [5, 5.41) is 18.3. The SMILES string of the molecule is CN(C)c1nnc(SC2CCC(N)(C(=O)O)C2)s1. The molecule has 0 saturated heterocycles. The molecule has 3 N–H and O–H groups in total. The van der Waals surface area contributed by atoms with E-state index in [2.05, 4.69) is 10.2 Å². The highest BCUT2D eigenvalue weighted by atomic mass is 32.2. The van der Waals surface area contributed by atoms with Gasteiger partial charge in [0, 0.05) is 19.3 Å². The molecule has 1 aliphatic carbocycles. The summed E-state index contributed by atoms with van der Waals surface area (Å²) >= 11 is 3.10. The molecule has 0 spiro atoms. The Kier molecular flexibility index (Phi) is 3.79. The lowest BCUT2D eigenvalue weighted by molar-refractivity contribution is -0.143. The second kappa shape index (κ2) is 5.02. The fourth-order valence-electron chi connectivity index (χ4n) is 1.90. The summed E-state index contributed by atoms with van der Waals surface area (Å²) in [6.45, 7) is 0. The Hall–Kier alpha value is -0.860. The summed E-state index contributed by atoms with van der Waals surface area (Å²) in [6, 6.07) is 0. The molecule has 1 fully saturated rings. The van der Waals surface area contributed by atoms with E-state index in [1.807, 2.05) is 19.0 Å². The lowest BCUT2D eigenvalue weighted by Crippen LogP contribution is -2.45. The van der Waals surface area contributed by atoms with Crippen LogP contribution in [0.1, 0.15) is 19.3 Å². The van der Waals surface area contributed by atoms with Crippen molar-refractivity contribution in [2.45, 2.75) is 34.4 Å². The Morgan fingerprint density at radius 3 is 2.83 bits per heavy atom. The largest absolute Gasteiger partial charge is 0.480 e. The number of carboxylic acid groups (broad SMARTS) is 1. The van der Waals surface area contributed by atoms with Crippen molar-refractivity contribution in [2.24, 2.45) is 5.73 Å². The first-order valence-electron chi connectivity index (χ1n) is 5.60. The van der Waals surface area contributed by atoms with E-state index < -0.39 is 11.5 Å². The van der Waals surface area contributed by atoms with E-state index in [1.165, 1.54) is 11.3 Å². The monoisotopic (exact) mass is 288 g/mol. The van der Waals surface area contributed by atoms with Gasteiger partial charge in [-0.3, -0.25) is 4.79 Å². The molecule has 1 saturated carbocycles. The number of nitrogens with zero attached hydrogens (tertiary/aromatic N) is 3. The number of anilines is 1. The van der Waals surface area contributed by atoms with E-state index in [4.69, 9.17) is 10.8 Å². The summed E-state index contributed by atoms with van der Waals surface area (Å²) in [5.41, 5.74) is 4.78. The van der Waals surface area contributed by atoms with Crippen LogP contribution in [0.3, 0.4) is 0 Å². The molecule has 8 heteroatoms. The second-order valence-electron chi connectivity index (χ2n) is 4.69. The van der Waals surface area contributed by atoms with E-state index >= 15 is 0 Å². The fourth-order valence-corrected chi connectivity index (χ4v) is 4.21. The average Bonchev–Trinajstić information content (AvgIpc) is 2.87. The van der Waals surface area contributed by atoms with Crippen LogP contribution < -0.4 is 10.6 Å². The maximum Gasteiger partial charge on any atom is 0.323 e. The summed E-state index contributed by atoms with van der Waals surface area (Å²) < 4.78 is 0.873. The standard InChI is InChI=1S/C10H16N4O2S2/c1-14(2)8-12-13-9(18-8)17-6-3-4-10(11,5-6)7(15)16/h6H,3-5,11H2,1-2H3,(H,15,16). The van der Waals surface area contributed by atoms with Crippen molar-refractivity contribution < 1.29 is 9.90 Å². The molecule has 1 aliphatic rings. The van der Waals surface area contributed by atoms with Gasteiger partial charge in [-0.1, -0.05) is 23.1 Å². The minimum atomic E-state index is -1.06. The smallest absolute Gasteiger partial charge is 0.323 e. The van der Waals surface area contributed by atoms with Crippen molar-refractivity contribution in [2.75, 3.05) is 19.0 Å². The van der Waals surface area contributed by atoms with Crippen LogP contribution in [0.5, 0.6) is 0 Å². The number of carbonyl (C=O) groups is 1. The molecule has 2 atom stereocenters. The second-order valence-corrected chi connectivity index (χ2v) is 7.19. The third-order valence-corrected chi connectivity index (χ3v) is 5.42. The van der Waals surface area contributed by atoms with Crippen LogP contribution in [-0.4, -0.2) is 46.2 Å². The van der Waals surface area contributed by atoms with Crippen molar-refractivity contribution in [3.05, 3.63) is 0 Å². The topological polar surface area (TPSA) is 92.3 Å². The summed E-state index contributed by atoms with van der Waals surface area (Å²) in [6.07, 6.45) is 1.83. The number of hydrogen-bond acceptors (Lipinski definition) is 7. The number of rotatable bonds is 4. The fraction of sp³-hybridized carbons (Fsp3) is 0.700. The quantitative estimate of drug-likeness (QED) is 0.854. The Labute approximate surface area is 114 Å². The van der Waals surface area contributed by atoms with E-state index in [-0.39, 0.29) is 5.25 Å². The molecule has 1 aromatic rings. The summed E-state index contributed by atoms with van der Waals surface area (Å²) in [7, 11) is 3.83. The molecule has 6 nitrogen and oxygen atoms in total. The maximum absolute atomic E-state index is 11.0. The molecule has 1 aromatic heterocycles. The van der Waals surface area contributed by atoms with Crippen molar-refractivity contribution in [1.29, 1.82) is 0 Å². The molecule has 100 valence electrons. The minimum Gasteiger partial charge on any atom is -0.480 e. The first-order valence-corrected chi connectivity index (χ1v) is 7.30. The molecular weight excluding hydrogens is 272 g/mol. The molecular formula is C10H16N4O2S2. The van der Waals surface area contributed by atoms with Crippen LogP contribution in [0, 0.1) is 0 Å².